The molecule has 0 saturated carbocycles. The highest BCUT2D eigenvalue weighted by Crippen LogP contribution is 2.26. The van der Waals surface area contributed by atoms with Gasteiger partial charge in [0.15, 0.2) is 0 Å². The third kappa shape index (κ3) is 3.40. The Labute approximate surface area is 126 Å². The molecule has 1 saturated heterocycles. The normalized spacial score (nSPS) is 18.3. The Bertz CT molecular complexity index is 609. The maximum Gasteiger partial charge on any atom is 0.244 e. The van der Waals surface area contributed by atoms with Gasteiger partial charge < -0.3 is 5.32 Å². The van der Waals surface area contributed by atoms with Gasteiger partial charge in [-0.05, 0) is 24.7 Å². The van der Waals surface area contributed by atoms with E-state index in [-0.39, 0.29) is 23.0 Å². The Morgan fingerprint density at radius 2 is 2.00 bits per heavy atom. The third-order valence-corrected chi connectivity index (χ3v) is 6.79. The van der Waals surface area contributed by atoms with Gasteiger partial charge in [-0.15, -0.1) is 0 Å². The molecule has 1 aliphatic heterocycles. The predicted octanol–water partition coefficient (Wildman–Crippen LogP) is 0.812. The molecule has 5 nitrogen and oxygen atoms in total. The highest BCUT2D eigenvalue weighted by atomic mass is 35.5. The van der Waals surface area contributed by atoms with E-state index >= 15 is 0 Å². The number of nitrogens with one attached hydrogen (secondary N) is 1. The molecule has 20 heavy (non-hydrogen) atoms. The van der Waals surface area contributed by atoms with E-state index in [2.05, 4.69) is 5.32 Å². The average Bonchev–Trinajstić information content (AvgIpc) is 2.41. The molecule has 1 N–H and O–H groups in total. The van der Waals surface area contributed by atoms with Crippen LogP contribution in [-0.2, 0) is 27.4 Å². The number of sulfonamides is 1. The molecule has 0 amide bonds. The van der Waals surface area contributed by atoms with Crippen LogP contribution in [0.2, 0.25) is 5.02 Å². The standard InChI is InChI=1S/C12H17ClN2O3S2/c1-14-9-10-2-3-11(13)12(8-10)20(17,18)15-4-6-19(16)7-5-15/h2-3,8,14H,4-7,9H2,1H3. The lowest BCUT2D eigenvalue weighted by atomic mass is 10.2. The first-order valence-corrected chi connectivity index (χ1v) is 9.54. The van der Waals surface area contributed by atoms with Crippen molar-refractivity contribution in [3.8, 4) is 0 Å². The van der Waals surface area contributed by atoms with Crippen LogP contribution in [0.3, 0.4) is 0 Å². The summed E-state index contributed by atoms with van der Waals surface area (Å²) in [6, 6.07) is 4.99. The van der Waals surface area contributed by atoms with Crippen LogP contribution < -0.4 is 5.32 Å². The molecule has 0 aromatic heterocycles. The van der Waals surface area contributed by atoms with Gasteiger partial charge in [-0.2, -0.15) is 4.31 Å². The molecular formula is C12H17ClN2O3S2. The van der Waals surface area contributed by atoms with Crippen molar-refractivity contribution in [1.82, 2.24) is 9.62 Å². The average molecular weight is 337 g/mol. The predicted molar refractivity (Wildman–Crippen MR) is 80.9 cm³/mol. The Balaban J connectivity index is 2.33. The molecule has 0 aliphatic carbocycles. The molecule has 0 bridgehead atoms. The van der Waals surface area contributed by atoms with E-state index in [0.717, 1.165) is 5.56 Å². The smallest absolute Gasteiger partial charge is 0.244 e. The van der Waals surface area contributed by atoms with Gasteiger partial charge in [-0.25, -0.2) is 8.42 Å². The molecule has 1 aromatic carbocycles. The fourth-order valence-electron chi connectivity index (χ4n) is 2.06. The summed E-state index contributed by atoms with van der Waals surface area (Å²) in [5, 5.41) is 3.19. The summed E-state index contributed by atoms with van der Waals surface area (Å²) in [6.07, 6.45) is 0. The van der Waals surface area contributed by atoms with Crippen LogP contribution in [0.1, 0.15) is 5.56 Å². The Morgan fingerprint density at radius 3 is 2.60 bits per heavy atom. The van der Waals surface area contributed by atoms with E-state index in [0.29, 0.717) is 18.1 Å². The van der Waals surface area contributed by atoms with Crippen molar-refractivity contribution in [2.24, 2.45) is 0 Å². The van der Waals surface area contributed by atoms with Gasteiger partial charge in [-0.1, -0.05) is 17.7 Å². The maximum atomic E-state index is 12.6. The topological polar surface area (TPSA) is 66.5 Å². The van der Waals surface area contributed by atoms with Crippen molar-refractivity contribution < 1.29 is 12.6 Å². The van der Waals surface area contributed by atoms with Crippen molar-refractivity contribution in [3.63, 3.8) is 0 Å². The quantitative estimate of drug-likeness (QED) is 0.883. The number of rotatable bonds is 4. The zero-order valence-corrected chi connectivity index (χ0v) is 13.5. The van der Waals surface area contributed by atoms with Crippen molar-refractivity contribution in [3.05, 3.63) is 28.8 Å². The van der Waals surface area contributed by atoms with Crippen molar-refractivity contribution in [1.29, 1.82) is 0 Å². The summed E-state index contributed by atoms with van der Waals surface area (Å²) in [4.78, 5) is 0.125. The molecule has 112 valence electrons. The maximum absolute atomic E-state index is 12.6. The number of hydrogen-bond donors (Lipinski definition) is 1. The summed E-state index contributed by atoms with van der Waals surface area (Å²) < 4.78 is 37.9. The Hall–Kier alpha value is -0.470. The van der Waals surface area contributed by atoms with Gasteiger partial charge in [0.2, 0.25) is 10.0 Å². The molecule has 1 fully saturated rings. The zero-order chi connectivity index (χ0) is 14.8. The lowest BCUT2D eigenvalue weighted by molar-refractivity contribution is 0.438. The van der Waals surface area contributed by atoms with Crippen molar-refractivity contribution in [2.75, 3.05) is 31.6 Å². The fraction of sp³-hybridized carbons (Fsp3) is 0.500. The zero-order valence-electron chi connectivity index (χ0n) is 11.1. The lowest BCUT2D eigenvalue weighted by Gasteiger charge is -2.26. The van der Waals surface area contributed by atoms with Crippen molar-refractivity contribution in [2.45, 2.75) is 11.4 Å². The first-order chi connectivity index (χ1) is 9.45. The molecule has 1 aromatic rings. The summed E-state index contributed by atoms with van der Waals surface area (Å²) >= 11 is 6.04. The van der Waals surface area contributed by atoms with Crippen molar-refractivity contribution >= 4 is 32.4 Å². The monoisotopic (exact) mass is 336 g/mol. The molecule has 0 atom stereocenters. The molecule has 0 spiro atoms. The number of benzene rings is 1. The molecule has 0 unspecified atom stereocenters. The largest absolute Gasteiger partial charge is 0.316 e. The summed E-state index contributed by atoms with van der Waals surface area (Å²) in [6.45, 7) is 1.13. The second-order valence-corrected chi connectivity index (χ2v) is 8.56. The Morgan fingerprint density at radius 1 is 1.35 bits per heavy atom. The summed E-state index contributed by atoms with van der Waals surface area (Å²) in [5.74, 6) is 0.764. The van der Waals surface area contributed by atoms with E-state index < -0.39 is 20.8 Å². The van der Waals surface area contributed by atoms with Gasteiger partial charge in [0.1, 0.15) is 4.90 Å². The lowest BCUT2D eigenvalue weighted by Crippen LogP contribution is -2.41. The van der Waals surface area contributed by atoms with Crippen LogP contribution in [0, 0.1) is 0 Å². The van der Waals surface area contributed by atoms with E-state index in [9.17, 15) is 12.6 Å². The van der Waals surface area contributed by atoms with Crippen LogP contribution in [0.25, 0.3) is 0 Å². The van der Waals surface area contributed by atoms with Gasteiger partial charge in [0.05, 0.1) is 5.02 Å². The van der Waals surface area contributed by atoms with Gasteiger partial charge >= 0.3 is 0 Å². The Kier molecular flexibility index (Phi) is 5.19. The summed E-state index contributed by atoms with van der Waals surface area (Å²) in [7, 11) is -2.74. The number of nitrogens with zero attached hydrogens (tertiary/aromatic N) is 1. The van der Waals surface area contributed by atoms with E-state index in [1.165, 1.54) is 4.31 Å². The first-order valence-electron chi connectivity index (χ1n) is 6.23. The molecule has 2 rings (SSSR count). The fourth-order valence-corrected chi connectivity index (χ4v) is 5.31. The van der Waals surface area contributed by atoms with Crippen LogP contribution in [0.15, 0.2) is 23.1 Å². The number of halogens is 1. The molecule has 8 heteroatoms. The first kappa shape index (κ1) is 15.9. The van der Waals surface area contributed by atoms with Crippen LogP contribution >= 0.6 is 11.6 Å². The third-order valence-electron chi connectivity index (χ3n) is 3.13. The van der Waals surface area contributed by atoms with E-state index in [4.69, 9.17) is 11.6 Å². The molecule has 1 aliphatic rings. The van der Waals surface area contributed by atoms with E-state index in [1.54, 1.807) is 25.2 Å². The minimum Gasteiger partial charge on any atom is -0.316 e. The van der Waals surface area contributed by atoms with Crippen LogP contribution in [0.5, 0.6) is 0 Å². The minimum atomic E-state index is -3.62. The molecular weight excluding hydrogens is 320 g/mol. The van der Waals surface area contributed by atoms with E-state index in [1.807, 2.05) is 0 Å². The second-order valence-electron chi connectivity index (χ2n) is 4.55. The SMILES string of the molecule is CNCc1ccc(Cl)c(S(=O)(=O)N2CCS(=O)CC2)c1. The van der Waals surface area contributed by atoms with Crippen LogP contribution in [-0.4, -0.2) is 48.6 Å². The van der Waals surface area contributed by atoms with Gasteiger partial charge in [-0.3, -0.25) is 4.21 Å². The highest BCUT2D eigenvalue weighted by molar-refractivity contribution is 7.89. The molecule has 1 heterocycles. The molecule has 0 radical (unpaired) electrons. The second kappa shape index (κ2) is 6.53. The highest BCUT2D eigenvalue weighted by Gasteiger charge is 2.29. The van der Waals surface area contributed by atoms with Gasteiger partial charge in [0.25, 0.3) is 0 Å². The summed E-state index contributed by atoms with van der Waals surface area (Å²) in [5.41, 5.74) is 0.857. The van der Waals surface area contributed by atoms with Gasteiger partial charge in [0, 0.05) is 41.9 Å². The number of hydrogen-bond acceptors (Lipinski definition) is 4. The minimum absolute atomic E-state index is 0.125. The van der Waals surface area contributed by atoms with Crippen LogP contribution in [0.4, 0.5) is 0 Å².